The lowest BCUT2D eigenvalue weighted by molar-refractivity contribution is -0.140. The number of carbonyl (C=O) groups excluding carboxylic acids is 1. The topological polar surface area (TPSA) is 50.8 Å². The number of hydrogen-bond acceptors (Lipinski definition) is 4. The van der Waals surface area contributed by atoms with E-state index in [9.17, 15) is 4.79 Å². The second-order valence-electron chi connectivity index (χ2n) is 8.89. The Hall–Kier alpha value is -1.59. The summed E-state index contributed by atoms with van der Waals surface area (Å²) in [7, 11) is 0. The molecule has 0 bridgehead atoms. The van der Waals surface area contributed by atoms with Crippen LogP contribution in [0.15, 0.2) is 24.3 Å². The van der Waals surface area contributed by atoms with Gasteiger partial charge in [0.2, 0.25) is 0 Å². The number of amides is 1. The number of rotatable bonds is 13. The Morgan fingerprint density at radius 1 is 1.10 bits per heavy atom. The third-order valence-electron chi connectivity index (χ3n) is 6.03. The van der Waals surface area contributed by atoms with Gasteiger partial charge in [-0.3, -0.25) is 9.69 Å². The number of carbonyl (C=O) groups is 1. The largest absolute Gasteiger partial charge is 0.492 e. The molecule has 1 amide bonds. The number of piperidine rings is 1. The summed E-state index contributed by atoms with van der Waals surface area (Å²) in [5.41, 5.74) is -0.00840. The summed E-state index contributed by atoms with van der Waals surface area (Å²) < 4.78 is 11.9. The molecule has 5 heteroatoms. The first kappa shape index (κ1) is 24.7. The van der Waals surface area contributed by atoms with E-state index in [4.69, 9.17) is 9.47 Å². The first-order valence-corrected chi connectivity index (χ1v) is 11.9. The van der Waals surface area contributed by atoms with E-state index in [2.05, 4.69) is 31.0 Å². The smallest absolute Gasteiger partial charge is 0.256 e. The van der Waals surface area contributed by atoms with Crippen molar-refractivity contribution in [2.24, 2.45) is 5.92 Å². The third-order valence-corrected chi connectivity index (χ3v) is 6.03. The van der Waals surface area contributed by atoms with Gasteiger partial charge in [-0.05, 0) is 75.9 Å². The Morgan fingerprint density at radius 2 is 1.80 bits per heavy atom. The van der Waals surface area contributed by atoms with Crippen LogP contribution in [0.1, 0.15) is 72.6 Å². The van der Waals surface area contributed by atoms with E-state index in [-0.39, 0.29) is 5.91 Å². The zero-order chi connectivity index (χ0) is 21.8. The molecule has 1 aliphatic heterocycles. The second-order valence-corrected chi connectivity index (χ2v) is 8.89. The molecule has 1 heterocycles. The summed E-state index contributed by atoms with van der Waals surface area (Å²) in [6, 6.07) is 7.66. The van der Waals surface area contributed by atoms with Crippen molar-refractivity contribution in [3.8, 4) is 5.75 Å². The number of benzene rings is 1. The molecule has 0 unspecified atom stereocenters. The molecule has 1 fully saturated rings. The van der Waals surface area contributed by atoms with E-state index in [1.807, 2.05) is 31.2 Å². The van der Waals surface area contributed by atoms with Crippen LogP contribution in [0, 0.1) is 5.92 Å². The molecule has 1 N–H and O–H groups in total. The predicted molar refractivity (Wildman–Crippen MR) is 124 cm³/mol. The van der Waals surface area contributed by atoms with Gasteiger partial charge in [0, 0.05) is 18.8 Å². The average molecular weight is 419 g/mol. The molecule has 0 radical (unpaired) electrons. The normalized spacial score (nSPS) is 17.5. The lowest BCUT2D eigenvalue weighted by atomic mass is 9.96. The summed E-state index contributed by atoms with van der Waals surface area (Å²) >= 11 is 0. The van der Waals surface area contributed by atoms with Crippen molar-refractivity contribution >= 4 is 11.6 Å². The number of likely N-dealkylation sites (tertiary alicyclic amines) is 1. The van der Waals surface area contributed by atoms with Crippen molar-refractivity contribution in [1.82, 2.24) is 4.90 Å². The van der Waals surface area contributed by atoms with Crippen LogP contribution in [0.25, 0.3) is 0 Å². The molecule has 30 heavy (non-hydrogen) atoms. The number of anilines is 1. The van der Waals surface area contributed by atoms with Gasteiger partial charge in [-0.15, -0.1) is 0 Å². The average Bonchev–Trinajstić information content (AvgIpc) is 2.75. The van der Waals surface area contributed by atoms with Crippen LogP contribution >= 0.6 is 0 Å². The van der Waals surface area contributed by atoms with Gasteiger partial charge in [-0.25, -0.2) is 0 Å². The fourth-order valence-electron chi connectivity index (χ4n) is 3.77. The number of ether oxygens (including phenoxy) is 2. The Kier molecular flexibility index (Phi) is 10.7. The fourth-order valence-corrected chi connectivity index (χ4v) is 3.77. The zero-order valence-electron chi connectivity index (χ0n) is 19.5. The number of hydrogen-bond donors (Lipinski definition) is 1. The summed E-state index contributed by atoms with van der Waals surface area (Å²) in [6.07, 6.45) is 7.45. The minimum atomic E-state index is -0.785. The molecule has 2 rings (SSSR count). The SMILES string of the molecule is CCCCC[C@](C)(OCCC)C(=O)Nc1ccc(OCCN2CCC(C)CC2)cc1. The Balaban J connectivity index is 1.81. The van der Waals surface area contributed by atoms with E-state index < -0.39 is 5.60 Å². The molecule has 1 aromatic rings. The van der Waals surface area contributed by atoms with Crippen LogP contribution < -0.4 is 10.1 Å². The van der Waals surface area contributed by atoms with E-state index in [0.717, 1.165) is 56.0 Å². The van der Waals surface area contributed by atoms with Crippen molar-refractivity contribution in [3.63, 3.8) is 0 Å². The lowest BCUT2D eigenvalue weighted by Crippen LogP contribution is -2.43. The quantitative estimate of drug-likeness (QED) is 0.430. The second kappa shape index (κ2) is 13.0. The third kappa shape index (κ3) is 8.27. The van der Waals surface area contributed by atoms with Gasteiger partial charge in [0.1, 0.15) is 18.0 Å². The molecule has 0 saturated carbocycles. The van der Waals surface area contributed by atoms with Crippen molar-refractivity contribution in [2.75, 3.05) is 38.2 Å². The Labute approximate surface area is 183 Å². The number of nitrogens with one attached hydrogen (secondary N) is 1. The van der Waals surface area contributed by atoms with E-state index in [1.165, 1.54) is 25.9 Å². The Morgan fingerprint density at radius 3 is 2.43 bits per heavy atom. The molecule has 1 atom stereocenters. The monoisotopic (exact) mass is 418 g/mol. The lowest BCUT2D eigenvalue weighted by Gasteiger charge is -2.30. The maximum atomic E-state index is 12.9. The molecule has 0 spiro atoms. The maximum absolute atomic E-state index is 12.9. The van der Waals surface area contributed by atoms with Crippen LogP contribution in [0.5, 0.6) is 5.75 Å². The summed E-state index contributed by atoms with van der Waals surface area (Å²) in [6.45, 7) is 13.1. The molecular formula is C25H42N2O3. The fraction of sp³-hybridized carbons (Fsp3) is 0.720. The summed E-state index contributed by atoms with van der Waals surface area (Å²) in [5.74, 6) is 1.62. The van der Waals surface area contributed by atoms with Gasteiger partial charge < -0.3 is 14.8 Å². The van der Waals surface area contributed by atoms with Gasteiger partial charge in [-0.2, -0.15) is 0 Å². The van der Waals surface area contributed by atoms with Gasteiger partial charge in [0.05, 0.1) is 0 Å². The highest BCUT2D eigenvalue weighted by atomic mass is 16.5. The van der Waals surface area contributed by atoms with Crippen LogP contribution in [-0.4, -0.2) is 49.3 Å². The molecule has 1 aliphatic rings. The van der Waals surface area contributed by atoms with Crippen LogP contribution in [0.4, 0.5) is 5.69 Å². The first-order chi connectivity index (χ1) is 14.5. The highest BCUT2D eigenvalue weighted by Gasteiger charge is 2.33. The molecule has 1 aromatic carbocycles. The van der Waals surface area contributed by atoms with E-state index >= 15 is 0 Å². The van der Waals surface area contributed by atoms with Gasteiger partial charge in [0.15, 0.2) is 0 Å². The molecule has 5 nitrogen and oxygen atoms in total. The highest BCUT2D eigenvalue weighted by molar-refractivity contribution is 5.97. The summed E-state index contributed by atoms with van der Waals surface area (Å²) in [4.78, 5) is 15.4. The minimum Gasteiger partial charge on any atom is -0.492 e. The van der Waals surface area contributed by atoms with Crippen LogP contribution in [0.3, 0.4) is 0 Å². The molecular weight excluding hydrogens is 376 g/mol. The molecule has 170 valence electrons. The molecule has 0 aliphatic carbocycles. The van der Waals surface area contributed by atoms with Crippen LogP contribution in [0.2, 0.25) is 0 Å². The van der Waals surface area contributed by atoms with E-state index in [1.54, 1.807) is 0 Å². The first-order valence-electron chi connectivity index (χ1n) is 11.9. The molecule has 1 saturated heterocycles. The number of unbranched alkanes of at least 4 members (excludes halogenated alkanes) is 2. The number of nitrogens with zero attached hydrogens (tertiary/aromatic N) is 1. The van der Waals surface area contributed by atoms with Crippen molar-refractivity contribution in [2.45, 2.75) is 78.2 Å². The predicted octanol–water partition coefficient (Wildman–Crippen LogP) is 5.50. The van der Waals surface area contributed by atoms with E-state index in [0.29, 0.717) is 13.2 Å². The standard InChI is InChI=1S/C25H42N2O3/c1-5-7-8-15-25(4,30-19-6-2)24(28)26-22-9-11-23(12-10-22)29-20-18-27-16-13-21(3)14-17-27/h9-12,21H,5-8,13-20H2,1-4H3,(H,26,28)/t25-/m0/s1. The maximum Gasteiger partial charge on any atom is 0.256 e. The molecule has 0 aromatic heterocycles. The van der Waals surface area contributed by atoms with Crippen molar-refractivity contribution < 1.29 is 14.3 Å². The van der Waals surface area contributed by atoms with Crippen LogP contribution in [-0.2, 0) is 9.53 Å². The van der Waals surface area contributed by atoms with Gasteiger partial charge >= 0.3 is 0 Å². The summed E-state index contributed by atoms with van der Waals surface area (Å²) in [5, 5.41) is 3.03. The van der Waals surface area contributed by atoms with Gasteiger partial charge in [0.25, 0.3) is 5.91 Å². The van der Waals surface area contributed by atoms with Gasteiger partial charge in [-0.1, -0.05) is 40.0 Å². The zero-order valence-corrected chi connectivity index (χ0v) is 19.5. The van der Waals surface area contributed by atoms with Crippen molar-refractivity contribution in [3.05, 3.63) is 24.3 Å². The minimum absolute atomic E-state index is 0.0694. The highest BCUT2D eigenvalue weighted by Crippen LogP contribution is 2.24. The van der Waals surface area contributed by atoms with Crippen molar-refractivity contribution in [1.29, 1.82) is 0 Å². The Bertz CT molecular complexity index is 611.